The van der Waals surface area contributed by atoms with Crippen LogP contribution in [0.4, 0.5) is 4.39 Å². The van der Waals surface area contributed by atoms with Crippen molar-refractivity contribution in [2.24, 2.45) is 0 Å². The van der Waals surface area contributed by atoms with Crippen molar-refractivity contribution in [3.8, 4) is 0 Å². The maximum absolute atomic E-state index is 13.6. The molecule has 2 heterocycles. The van der Waals surface area contributed by atoms with Gasteiger partial charge >= 0.3 is 0 Å². The predicted molar refractivity (Wildman–Crippen MR) is 69.5 cm³/mol. The molecule has 2 N–H and O–H groups in total. The summed E-state index contributed by atoms with van der Waals surface area (Å²) >= 11 is 0. The highest BCUT2D eigenvalue weighted by Gasteiger charge is 2.15. The van der Waals surface area contributed by atoms with E-state index in [4.69, 9.17) is 0 Å². The Bertz CT molecular complexity index is 666. The highest BCUT2D eigenvalue weighted by molar-refractivity contribution is 5.24. The minimum atomic E-state index is -0.274. The maximum Gasteiger partial charge on any atom is 0.255 e. The Morgan fingerprint density at radius 3 is 3.00 bits per heavy atom. The molecule has 0 aliphatic carbocycles. The maximum atomic E-state index is 13.6. The Morgan fingerprint density at radius 2 is 2.16 bits per heavy atom. The molecule has 0 spiro atoms. The Kier molecular flexibility index (Phi) is 3.13. The minimum Gasteiger partial charge on any atom is -0.312 e. The number of H-pyrrole nitrogens is 1. The van der Waals surface area contributed by atoms with Crippen LogP contribution in [0.15, 0.2) is 29.1 Å². The van der Waals surface area contributed by atoms with Gasteiger partial charge in [0.15, 0.2) is 0 Å². The van der Waals surface area contributed by atoms with Crippen LogP contribution in [-0.4, -0.2) is 16.5 Å². The summed E-state index contributed by atoms with van der Waals surface area (Å²) in [5.74, 6) is 0.250. The van der Waals surface area contributed by atoms with Gasteiger partial charge in [0.25, 0.3) is 5.56 Å². The van der Waals surface area contributed by atoms with E-state index in [0.29, 0.717) is 29.9 Å². The Balaban J connectivity index is 1.96. The average molecular weight is 259 g/mol. The number of rotatable bonds is 2. The van der Waals surface area contributed by atoms with Gasteiger partial charge in [-0.1, -0.05) is 18.2 Å². The van der Waals surface area contributed by atoms with Gasteiger partial charge in [0.1, 0.15) is 11.6 Å². The number of halogens is 1. The van der Waals surface area contributed by atoms with Crippen molar-refractivity contribution in [3.05, 3.63) is 63.1 Å². The fraction of sp³-hybridized carbons (Fsp3) is 0.286. The zero-order valence-electron chi connectivity index (χ0n) is 10.4. The fourth-order valence-corrected chi connectivity index (χ4v) is 2.31. The van der Waals surface area contributed by atoms with E-state index in [1.165, 1.54) is 6.07 Å². The van der Waals surface area contributed by atoms with Crippen LogP contribution >= 0.6 is 0 Å². The fourth-order valence-electron chi connectivity index (χ4n) is 2.31. The standard InChI is InChI=1S/C14H14FN3O/c15-11-4-2-1-3-9(11)7-13-17-12-5-6-16-8-10(12)14(19)18-13/h1-4,16H,5-8H2,(H,17,18,19). The van der Waals surface area contributed by atoms with E-state index >= 15 is 0 Å². The number of fused-ring (bicyclic) bond motifs is 1. The summed E-state index contributed by atoms with van der Waals surface area (Å²) in [6, 6.07) is 6.54. The van der Waals surface area contributed by atoms with Crippen molar-refractivity contribution in [1.29, 1.82) is 0 Å². The van der Waals surface area contributed by atoms with Crippen molar-refractivity contribution in [2.75, 3.05) is 6.54 Å². The molecule has 3 rings (SSSR count). The van der Waals surface area contributed by atoms with Gasteiger partial charge in [0.2, 0.25) is 0 Å². The van der Waals surface area contributed by atoms with Crippen LogP contribution < -0.4 is 10.9 Å². The summed E-state index contributed by atoms with van der Waals surface area (Å²) < 4.78 is 13.6. The summed E-state index contributed by atoms with van der Waals surface area (Å²) in [5.41, 5.74) is 1.94. The number of nitrogens with one attached hydrogen (secondary N) is 2. The largest absolute Gasteiger partial charge is 0.312 e. The monoisotopic (exact) mass is 259 g/mol. The molecule has 1 aromatic carbocycles. The zero-order valence-corrected chi connectivity index (χ0v) is 10.4. The summed E-state index contributed by atoms with van der Waals surface area (Å²) in [4.78, 5) is 19.1. The predicted octanol–water partition coefficient (Wildman–Crippen LogP) is 1.15. The number of aromatic amines is 1. The second kappa shape index (κ2) is 4.93. The molecule has 0 bridgehead atoms. The van der Waals surface area contributed by atoms with Gasteiger partial charge in [0.05, 0.1) is 11.3 Å². The number of benzene rings is 1. The third-order valence-electron chi connectivity index (χ3n) is 3.31. The summed E-state index contributed by atoms with van der Waals surface area (Å²) in [7, 11) is 0. The van der Waals surface area contributed by atoms with Crippen molar-refractivity contribution >= 4 is 0 Å². The minimum absolute atomic E-state index is 0.122. The van der Waals surface area contributed by atoms with Crippen molar-refractivity contribution in [2.45, 2.75) is 19.4 Å². The van der Waals surface area contributed by atoms with Gasteiger partial charge in [-0.15, -0.1) is 0 Å². The third kappa shape index (κ3) is 2.42. The third-order valence-corrected chi connectivity index (χ3v) is 3.31. The average Bonchev–Trinajstić information content (AvgIpc) is 2.42. The molecule has 19 heavy (non-hydrogen) atoms. The number of aromatic nitrogens is 2. The van der Waals surface area contributed by atoms with E-state index in [1.807, 2.05) is 0 Å². The molecule has 0 radical (unpaired) electrons. The molecule has 1 aromatic heterocycles. The van der Waals surface area contributed by atoms with Gasteiger partial charge in [-0.3, -0.25) is 4.79 Å². The molecule has 0 saturated carbocycles. The van der Waals surface area contributed by atoms with Crippen LogP contribution in [0, 0.1) is 5.82 Å². The molecule has 2 aromatic rings. The van der Waals surface area contributed by atoms with Crippen molar-refractivity contribution in [3.63, 3.8) is 0 Å². The van der Waals surface area contributed by atoms with Crippen LogP contribution in [0.5, 0.6) is 0 Å². The lowest BCUT2D eigenvalue weighted by Gasteiger charge is -2.15. The topological polar surface area (TPSA) is 57.8 Å². The quantitative estimate of drug-likeness (QED) is 0.850. The van der Waals surface area contributed by atoms with Crippen LogP contribution in [-0.2, 0) is 19.4 Å². The molecule has 1 aliphatic heterocycles. The van der Waals surface area contributed by atoms with Crippen LogP contribution in [0.2, 0.25) is 0 Å². The van der Waals surface area contributed by atoms with Gasteiger partial charge < -0.3 is 10.3 Å². The Labute approximate surface area is 109 Å². The van der Waals surface area contributed by atoms with Gasteiger partial charge in [-0.05, 0) is 11.6 Å². The first kappa shape index (κ1) is 12.0. The van der Waals surface area contributed by atoms with Crippen LogP contribution in [0.1, 0.15) is 22.6 Å². The summed E-state index contributed by atoms with van der Waals surface area (Å²) in [6.07, 6.45) is 1.05. The second-order valence-corrected chi connectivity index (χ2v) is 4.63. The molecular formula is C14H14FN3O. The van der Waals surface area contributed by atoms with E-state index < -0.39 is 0 Å². The molecule has 0 unspecified atom stereocenters. The highest BCUT2D eigenvalue weighted by Crippen LogP contribution is 2.12. The van der Waals surface area contributed by atoms with Gasteiger partial charge in [-0.2, -0.15) is 0 Å². The molecule has 1 aliphatic rings. The highest BCUT2D eigenvalue weighted by atomic mass is 19.1. The first-order valence-electron chi connectivity index (χ1n) is 6.29. The SMILES string of the molecule is O=c1[nH]c(Cc2ccccc2F)nc2c1CNCC2. The number of hydrogen-bond donors (Lipinski definition) is 2. The zero-order chi connectivity index (χ0) is 13.2. The number of hydrogen-bond acceptors (Lipinski definition) is 3. The van der Waals surface area contributed by atoms with E-state index in [1.54, 1.807) is 18.2 Å². The molecule has 0 fully saturated rings. The molecule has 4 nitrogen and oxygen atoms in total. The molecule has 5 heteroatoms. The Morgan fingerprint density at radius 1 is 1.32 bits per heavy atom. The molecule has 0 atom stereocenters. The van der Waals surface area contributed by atoms with Gasteiger partial charge in [-0.25, -0.2) is 9.37 Å². The summed E-state index contributed by atoms with van der Waals surface area (Å²) in [6.45, 7) is 1.38. The van der Waals surface area contributed by atoms with E-state index in [0.717, 1.165) is 18.7 Å². The number of nitrogens with zero attached hydrogens (tertiary/aromatic N) is 1. The lowest BCUT2D eigenvalue weighted by Crippen LogP contribution is -2.32. The smallest absolute Gasteiger partial charge is 0.255 e. The molecule has 98 valence electrons. The Hall–Kier alpha value is -2.01. The lowest BCUT2D eigenvalue weighted by molar-refractivity contribution is 0.603. The van der Waals surface area contributed by atoms with Gasteiger partial charge in [0, 0.05) is 25.9 Å². The first-order chi connectivity index (χ1) is 9.24. The molecular weight excluding hydrogens is 245 g/mol. The second-order valence-electron chi connectivity index (χ2n) is 4.63. The van der Waals surface area contributed by atoms with Crippen LogP contribution in [0.25, 0.3) is 0 Å². The molecule has 0 saturated heterocycles. The van der Waals surface area contributed by atoms with E-state index in [-0.39, 0.29) is 11.4 Å². The van der Waals surface area contributed by atoms with Crippen LogP contribution in [0.3, 0.4) is 0 Å². The van der Waals surface area contributed by atoms with E-state index in [9.17, 15) is 9.18 Å². The normalized spacial score (nSPS) is 14.2. The van der Waals surface area contributed by atoms with Crippen molar-refractivity contribution in [1.82, 2.24) is 15.3 Å². The first-order valence-corrected chi connectivity index (χ1v) is 6.29. The lowest BCUT2D eigenvalue weighted by atomic mass is 10.1. The van der Waals surface area contributed by atoms with E-state index in [2.05, 4.69) is 15.3 Å². The van der Waals surface area contributed by atoms with Crippen molar-refractivity contribution < 1.29 is 4.39 Å². The molecule has 0 amide bonds. The summed E-state index contributed by atoms with van der Waals surface area (Å²) in [5, 5.41) is 3.14.